The van der Waals surface area contributed by atoms with Gasteiger partial charge in [-0.2, -0.15) is 0 Å². The van der Waals surface area contributed by atoms with E-state index < -0.39 is 5.97 Å². The van der Waals surface area contributed by atoms with E-state index in [0.29, 0.717) is 18.0 Å². The number of rotatable bonds is 1. The lowest BCUT2D eigenvalue weighted by Crippen LogP contribution is -2.04. The highest BCUT2D eigenvalue weighted by Crippen LogP contribution is 2.39. The number of hydrogen-bond donors (Lipinski definition) is 2. The molecular weight excluding hydrogens is 210 g/mol. The maximum absolute atomic E-state index is 10.8. The fourth-order valence-corrected chi connectivity index (χ4v) is 1.89. The highest BCUT2D eigenvalue weighted by molar-refractivity contribution is 5.89. The minimum absolute atomic E-state index is 0.0656. The van der Waals surface area contributed by atoms with Crippen LogP contribution in [0.5, 0.6) is 0 Å². The van der Waals surface area contributed by atoms with Crippen molar-refractivity contribution in [2.75, 3.05) is 5.32 Å². The molecule has 1 aliphatic heterocycles. The Morgan fingerprint density at radius 2 is 2.25 bits per heavy atom. The maximum atomic E-state index is 10.8. The molecule has 5 nitrogen and oxygen atoms in total. The molecule has 0 unspecified atom stereocenters. The third-order valence-corrected chi connectivity index (χ3v) is 2.56. The van der Waals surface area contributed by atoms with Crippen molar-refractivity contribution in [1.82, 2.24) is 0 Å². The second kappa shape index (κ2) is 2.91. The van der Waals surface area contributed by atoms with Gasteiger partial charge in [-0.25, -0.2) is 4.79 Å². The third-order valence-electron chi connectivity index (χ3n) is 2.56. The Labute approximate surface area is 90.7 Å². The fraction of sp³-hybridized carbons (Fsp3) is 0.182. The Morgan fingerprint density at radius 3 is 3.00 bits per heavy atom. The molecule has 0 saturated carbocycles. The first kappa shape index (κ1) is 9.08. The maximum Gasteiger partial charge on any atom is 0.371 e. The summed E-state index contributed by atoms with van der Waals surface area (Å²) >= 11 is 0. The number of nitrogens with one attached hydrogen (secondary N) is 1. The number of aryl methyl sites for hydroxylation is 1. The molecule has 0 aliphatic carbocycles. The van der Waals surface area contributed by atoms with Crippen molar-refractivity contribution >= 4 is 11.7 Å². The van der Waals surface area contributed by atoms with Crippen LogP contribution >= 0.6 is 0 Å². The van der Waals surface area contributed by atoms with E-state index in [4.69, 9.17) is 13.9 Å². The molecular formula is C11H9NO4. The molecule has 1 aliphatic rings. The summed E-state index contributed by atoms with van der Waals surface area (Å²) in [4.78, 5) is 10.8. The van der Waals surface area contributed by atoms with Crippen LogP contribution in [0.4, 0.5) is 5.69 Å². The van der Waals surface area contributed by atoms with Crippen LogP contribution in [-0.2, 0) is 6.54 Å². The molecule has 0 amide bonds. The lowest BCUT2D eigenvalue weighted by molar-refractivity contribution is 0.0663. The monoisotopic (exact) mass is 219 g/mol. The Kier molecular flexibility index (Phi) is 1.65. The summed E-state index contributed by atoms with van der Waals surface area (Å²) in [5.41, 5.74) is 1.53. The lowest BCUT2D eigenvalue weighted by atomic mass is 10.1. The van der Waals surface area contributed by atoms with Gasteiger partial charge in [0.2, 0.25) is 5.76 Å². The Hall–Kier alpha value is -2.17. The first-order valence-electron chi connectivity index (χ1n) is 4.86. The molecule has 0 fully saturated rings. The number of anilines is 1. The standard InChI is InChI=1S/C11H9NO4/c1-5-2-6-9(15-5)4-12-7-3-8(11(13)14)16-10(6)7/h2-3,12H,4H2,1H3,(H,13,14). The van der Waals surface area contributed by atoms with Crippen LogP contribution in [0.25, 0.3) is 11.3 Å². The Balaban J connectivity index is 2.19. The van der Waals surface area contributed by atoms with Gasteiger partial charge in [0.05, 0.1) is 17.8 Å². The number of carbonyl (C=O) groups is 1. The summed E-state index contributed by atoms with van der Waals surface area (Å²) in [7, 11) is 0. The van der Waals surface area contributed by atoms with E-state index in [1.165, 1.54) is 6.07 Å². The minimum Gasteiger partial charge on any atom is -0.475 e. The van der Waals surface area contributed by atoms with E-state index in [1.807, 2.05) is 13.0 Å². The first-order chi connectivity index (χ1) is 7.65. The minimum atomic E-state index is -1.07. The van der Waals surface area contributed by atoms with Gasteiger partial charge in [0.15, 0.2) is 5.76 Å². The van der Waals surface area contributed by atoms with E-state index in [2.05, 4.69) is 5.32 Å². The normalized spacial score (nSPS) is 12.8. The van der Waals surface area contributed by atoms with Gasteiger partial charge in [0, 0.05) is 6.07 Å². The van der Waals surface area contributed by atoms with Gasteiger partial charge in [-0.05, 0) is 13.0 Å². The van der Waals surface area contributed by atoms with Crippen LogP contribution in [0.1, 0.15) is 22.1 Å². The predicted molar refractivity (Wildman–Crippen MR) is 55.4 cm³/mol. The van der Waals surface area contributed by atoms with Gasteiger partial charge in [0.1, 0.15) is 11.5 Å². The van der Waals surface area contributed by atoms with Gasteiger partial charge in [-0.15, -0.1) is 0 Å². The largest absolute Gasteiger partial charge is 0.475 e. The Morgan fingerprint density at radius 1 is 1.44 bits per heavy atom. The topological polar surface area (TPSA) is 75.6 Å². The zero-order valence-electron chi connectivity index (χ0n) is 8.53. The second-order valence-corrected chi connectivity index (χ2v) is 3.71. The van der Waals surface area contributed by atoms with Gasteiger partial charge in [-0.1, -0.05) is 0 Å². The Bertz CT molecular complexity index is 579. The van der Waals surface area contributed by atoms with Crippen molar-refractivity contribution in [3.05, 3.63) is 29.4 Å². The van der Waals surface area contributed by atoms with Gasteiger partial charge >= 0.3 is 5.97 Å². The average molecular weight is 219 g/mol. The molecule has 82 valence electrons. The molecule has 0 spiro atoms. The zero-order valence-corrected chi connectivity index (χ0v) is 8.53. The number of fused-ring (bicyclic) bond motifs is 3. The van der Waals surface area contributed by atoms with Crippen LogP contribution < -0.4 is 5.32 Å². The summed E-state index contributed by atoms with van der Waals surface area (Å²) in [6.07, 6.45) is 0. The molecule has 0 aromatic carbocycles. The van der Waals surface area contributed by atoms with Crippen molar-refractivity contribution in [2.24, 2.45) is 0 Å². The van der Waals surface area contributed by atoms with Crippen molar-refractivity contribution in [3.8, 4) is 11.3 Å². The van der Waals surface area contributed by atoms with E-state index in [0.717, 1.165) is 17.1 Å². The van der Waals surface area contributed by atoms with Crippen molar-refractivity contribution < 1.29 is 18.7 Å². The summed E-state index contributed by atoms with van der Waals surface area (Å²) in [6.45, 7) is 2.40. The molecule has 0 radical (unpaired) electrons. The molecule has 3 rings (SSSR count). The van der Waals surface area contributed by atoms with Gasteiger partial charge in [-0.3, -0.25) is 0 Å². The average Bonchev–Trinajstić information content (AvgIpc) is 2.77. The van der Waals surface area contributed by atoms with Crippen LogP contribution in [0.3, 0.4) is 0 Å². The smallest absolute Gasteiger partial charge is 0.371 e. The summed E-state index contributed by atoms with van der Waals surface area (Å²) in [5, 5.41) is 11.9. The van der Waals surface area contributed by atoms with Gasteiger partial charge < -0.3 is 19.3 Å². The molecule has 2 N–H and O–H groups in total. The van der Waals surface area contributed by atoms with Crippen molar-refractivity contribution in [1.29, 1.82) is 0 Å². The highest BCUT2D eigenvalue weighted by atomic mass is 16.4. The van der Waals surface area contributed by atoms with Crippen LogP contribution in [0.15, 0.2) is 21.0 Å². The zero-order chi connectivity index (χ0) is 11.3. The van der Waals surface area contributed by atoms with Crippen LogP contribution in [0.2, 0.25) is 0 Å². The lowest BCUT2D eigenvalue weighted by Gasteiger charge is -2.10. The van der Waals surface area contributed by atoms with E-state index >= 15 is 0 Å². The molecule has 2 aromatic rings. The highest BCUT2D eigenvalue weighted by Gasteiger charge is 2.25. The number of aromatic carboxylic acids is 1. The third kappa shape index (κ3) is 1.14. The van der Waals surface area contributed by atoms with Crippen LogP contribution in [0, 0.1) is 6.92 Å². The van der Waals surface area contributed by atoms with E-state index in [9.17, 15) is 4.79 Å². The van der Waals surface area contributed by atoms with Crippen molar-refractivity contribution in [3.63, 3.8) is 0 Å². The van der Waals surface area contributed by atoms with Gasteiger partial charge in [0.25, 0.3) is 0 Å². The number of carboxylic acids is 1. The number of carboxylic acid groups (broad SMARTS) is 1. The summed E-state index contributed by atoms with van der Waals surface area (Å²) in [6, 6.07) is 3.34. The van der Waals surface area contributed by atoms with E-state index in [-0.39, 0.29) is 5.76 Å². The molecule has 16 heavy (non-hydrogen) atoms. The SMILES string of the molecule is Cc1cc2c(o1)CNc1cc(C(=O)O)oc1-2. The quantitative estimate of drug-likeness (QED) is 0.770. The van der Waals surface area contributed by atoms with E-state index in [1.54, 1.807) is 0 Å². The number of hydrogen-bond acceptors (Lipinski definition) is 4. The first-order valence-corrected chi connectivity index (χ1v) is 4.86. The molecule has 2 aromatic heterocycles. The molecule has 0 saturated heterocycles. The fourth-order valence-electron chi connectivity index (χ4n) is 1.89. The van der Waals surface area contributed by atoms with Crippen molar-refractivity contribution in [2.45, 2.75) is 13.5 Å². The molecule has 3 heterocycles. The summed E-state index contributed by atoms with van der Waals surface area (Å²) < 4.78 is 10.7. The summed E-state index contributed by atoms with van der Waals surface area (Å²) in [5.74, 6) is 0.960. The molecule has 0 bridgehead atoms. The van der Waals surface area contributed by atoms with Crippen LogP contribution in [-0.4, -0.2) is 11.1 Å². The predicted octanol–water partition coefficient (Wildman–Crippen LogP) is 2.47. The number of furan rings is 2. The second-order valence-electron chi connectivity index (χ2n) is 3.71. The molecule has 0 atom stereocenters. The molecule has 5 heteroatoms.